The van der Waals surface area contributed by atoms with Crippen molar-refractivity contribution in [3.05, 3.63) is 75.7 Å². The zero-order chi connectivity index (χ0) is 16.5. The normalized spacial score (nSPS) is 16.0. The van der Waals surface area contributed by atoms with E-state index >= 15 is 0 Å². The van der Waals surface area contributed by atoms with Gasteiger partial charge in [-0.25, -0.2) is 14.9 Å². The molecular weight excluding hydrogens is 390 g/mol. The minimum Gasteiger partial charge on any atom is -0.465 e. The van der Waals surface area contributed by atoms with E-state index in [9.17, 15) is 4.79 Å². The molecule has 0 radical (unpaired) electrons. The summed E-state index contributed by atoms with van der Waals surface area (Å²) < 4.78 is 6.21. The minimum atomic E-state index is -0.226. The first-order chi connectivity index (χ1) is 11.7. The molecule has 0 N–H and O–H groups in total. The number of hydrogen-bond donors (Lipinski definition) is 0. The first-order valence-electron chi connectivity index (χ1n) is 7.06. The minimum absolute atomic E-state index is 0.226. The molecule has 24 heavy (non-hydrogen) atoms. The molecule has 0 saturated heterocycles. The van der Waals surface area contributed by atoms with E-state index in [1.165, 1.54) is 16.2 Å². The van der Waals surface area contributed by atoms with E-state index in [1.54, 1.807) is 30.7 Å². The molecule has 118 valence electrons. The number of amides is 1. The van der Waals surface area contributed by atoms with Gasteiger partial charge in [0.25, 0.3) is 5.91 Å². The number of aliphatic imine (C=N–C) groups is 1. The van der Waals surface area contributed by atoms with Crippen molar-refractivity contribution in [3.8, 4) is 0 Å². The van der Waals surface area contributed by atoms with E-state index in [-0.39, 0.29) is 5.91 Å². The number of halogens is 1. The number of hydrogen-bond acceptors (Lipinski definition) is 5. The summed E-state index contributed by atoms with van der Waals surface area (Å²) >= 11 is 4.84. The van der Waals surface area contributed by atoms with Gasteiger partial charge in [0, 0.05) is 27.7 Å². The van der Waals surface area contributed by atoms with Crippen LogP contribution in [0.3, 0.4) is 0 Å². The van der Waals surface area contributed by atoms with Crippen LogP contribution < -0.4 is 4.90 Å². The highest BCUT2D eigenvalue weighted by molar-refractivity contribution is 9.10. The average molecular weight is 400 g/mol. The average Bonchev–Trinajstić information content (AvgIpc) is 3.30. The van der Waals surface area contributed by atoms with Crippen molar-refractivity contribution in [3.63, 3.8) is 0 Å². The molecule has 1 aliphatic heterocycles. The van der Waals surface area contributed by atoms with Crippen molar-refractivity contribution in [1.82, 2.24) is 4.98 Å². The number of amidine groups is 1. The monoisotopic (exact) mass is 399 g/mol. The molecule has 3 aromatic rings. The number of rotatable bonds is 3. The van der Waals surface area contributed by atoms with E-state index < -0.39 is 0 Å². The molecule has 1 aliphatic rings. The van der Waals surface area contributed by atoms with Gasteiger partial charge in [-0.1, -0.05) is 28.1 Å². The second kappa shape index (κ2) is 6.18. The number of aromatic nitrogens is 1. The summed E-state index contributed by atoms with van der Waals surface area (Å²) in [6.45, 7) is 0. The molecule has 0 bridgehead atoms. The molecule has 0 unspecified atom stereocenters. The topological polar surface area (TPSA) is 58.7 Å². The standard InChI is InChI=1S/C17H10BrN3O2S/c18-12-4-1-3-11(9-12)15-20-14(10-13-5-2-7-23-13)16(22)21(15)17-19-6-8-24-17/h1-10H. The third-order valence-electron chi connectivity index (χ3n) is 3.38. The Morgan fingerprint density at radius 3 is 2.88 bits per heavy atom. The Morgan fingerprint density at radius 2 is 2.17 bits per heavy atom. The van der Waals surface area contributed by atoms with Crippen LogP contribution in [0.15, 0.2) is 73.8 Å². The van der Waals surface area contributed by atoms with Gasteiger partial charge >= 0.3 is 0 Å². The van der Waals surface area contributed by atoms with Crippen molar-refractivity contribution in [2.75, 3.05) is 4.90 Å². The fraction of sp³-hybridized carbons (Fsp3) is 0. The van der Waals surface area contributed by atoms with Gasteiger partial charge in [-0.15, -0.1) is 11.3 Å². The zero-order valence-electron chi connectivity index (χ0n) is 12.2. The van der Waals surface area contributed by atoms with Crippen LogP contribution in [0, 0.1) is 0 Å². The Hall–Kier alpha value is -2.51. The van der Waals surface area contributed by atoms with E-state index in [0.29, 0.717) is 22.4 Å². The predicted octanol–water partition coefficient (Wildman–Crippen LogP) is 4.33. The molecular formula is C17H10BrN3O2S. The van der Waals surface area contributed by atoms with E-state index in [2.05, 4.69) is 25.9 Å². The van der Waals surface area contributed by atoms with Gasteiger partial charge in [0.2, 0.25) is 0 Å². The van der Waals surface area contributed by atoms with Gasteiger partial charge in [-0.05, 0) is 24.3 Å². The lowest BCUT2D eigenvalue weighted by atomic mass is 10.2. The SMILES string of the molecule is O=C1C(=Cc2ccco2)N=C(c2cccc(Br)c2)N1c1nccs1. The van der Waals surface area contributed by atoms with Crippen LogP contribution in [0.1, 0.15) is 11.3 Å². The summed E-state index contributed by atoms with van der Waals surface area (Å²) in [6.07, 6.45) is 4.86. The lowest BCUT2D eigenvalue weighted by Crippen LogP contribution is -2.32. The van der Waals surface area contributed by atoms with Crippen LogP contribution in [0.2, 0.25) is 0 Å². The Balaban J connectivity index is 1.84. The molecule has 0 atom stereocenters. The highest BCUT2D eigenvalue weighted by Gasteiger charge is 2.34. The number of benzene rings is 1. The van der Waals surface area contributed by atoms with Gasteiger partial charge in [-0.2, -0.15) is 0 Å². The molecule has 1 aromatic carbocycles. The lowest BCUT2D eigenvalue weighted by molar-refractivity contribution is -0.113. The molecule has 1 amide bonds. The van der Waals surface area contributed by atoms with Crippen molar-refractivity contribution in [2.45, 2.75) is 0 Å². The molecule has 5 nitrogen and oxygen atoms in total. The van der Waals surface area contributed by atoms with Crippen LogP contribution in [-0.2, 0) is 4.79 Å². The maximum atomic E-state index is 12.9. The Morgan fingerprint density at radius 1 is 1.25 bits per heavy atom. The van der Waals surface area contributed by atoms with Crippen molar-refractivity contribution < 1.29 is 9.21 Å². The Bertz CT molecular complexity index is 946. The van der Waals surface area contributed by atoms with Crippen LogP contribution in [0.4, 0.5) is 5.13 Å². The lowest BCUT2D eigenvalue weighted by Gasteiger charge is -2.15. The largest absolute Gasteiger partial charge is 0.465 e. The number of furan rings is 1. The van der Waals surface area contributed by atoms with Crippen LogP contribution in [0.5, 0.6) is 0 Å². The Kier molecular flexibility index (Phi) is 3.87. The quantitative estimate of drug-likeness (QED) is 0.615. The summed E-state index contributed by atoms with van der Waals surface area (Å²) in [5.41, 5.74) is 1.14. The molecule has 2 aromatic heterocycles. The molecule has 0 spiro atoms. The Labute approximate surface area is 150 Å². The van der Waals surface area contributed by atoms with E-state index in [4.69, 9.17) is 4.42 Å². The number of anilines is 1. The second-order valence-electron chi connectivity index (χ2n) is 4.95. The number of carbonyl (C=O) groups excluding carboxylic acids is 1. The van der Waals surface area contributed by atoms with Gasteiger partial charge in [0.15, 0.2) is 5.13 Å². The van der Waals surface area contributed by atoms with Gasteiger partial charge in [0.05, 0.1) is 6.26 Å². The summed E-state index contributed by atoms with van der Waals surface area (Å²) in [7, 11) is 0. The summed E-state index contributed by atoms with van der Waals surface area (Å²) in [5, 5.41) is 2.41. The smallest absolute Gasteiger partial charge is 0.284 e. The highest BCUT2D eigenvalue weighted by Crippen LogP contribution is 2.29. The molecule has 3 heterocycles. The number of nitrogens with zero attached hydrogens (tertiary/aromatic N) is 3. The maximum absolute atomic E-state index is 12.9. The predicted molar refractivity (Wildman–Crippen MR) is 97.0 cm³/mol. The van der Waals surface area contributed by atoms with E-state index in [1.807, 2.05) is 29.6 Å². The van der Waals surface area contributed by atoms with Crippen LogP contribution >= 0.6 is 27.3 Å². The molecule has 0 fully saturated rings. The van der Waals surface area contributed by atoms with Gasteiger partial charge < -0.3 is 4.42 Å². The molecule has 0 saturated carbocycles. The van der Waals surface area contributed by atoms with Crippen molar-refractivity contribution in [2.24, 2.45) is 4.99 Å². The van der Waals surface area contributed by atoms with Crippen molar-refractivity contribution in [1.29, 1.82) is 0 Å². The fourth-order valence-corrected chi connectivity index (χ4v) is 3.39. The van der Waals surface area contributed by atoms with Crippen molar-refractivity contribution >= 4 is 50.2 Å². The van der Waals surface area contributed by atoms with Gasteiger partial charge in [-0.3, -0.25) is 4.79 Å². The third-order valence-corrected chi connectivity index (χ3v) is 4.63. The molecule has 4 rings (SSSR count). The first kappa shape index (κ1) is 15.0. The van der Waals surface area contributed by atoms with Crippen LogP contribution in [-0.4, -0.2) is 16.7 Å². The maximum Gasteiger partial charge on any atom is 0.284 e. The summed E-state index contributed by atoms with van der Waals surface area (Å²) in [4.78, 5) is 23.2. The van der Waals surface area contributed by atoms with E-state index in [0.717, 1.165) is 10.0 Å². The highest BCUT2D eigenvalue weighted by atomic mass is 79.9. The number of thiazole rings is 1. The third kappa shape index (κ3) is 2.72. The first-order valence-corrected chi connectivity index (χ1v) is 8.73. The number of carbonyl (C=O) groups is 1. The molecule has 7 heteroatoms. The summed E-state index contributed by atoms with van der Waals surface area (Å²) in [6, 6.07) is 11.2. The van der Waals surface area contributed by atoms with Crippen LogP contribution in [0.25, 0.3) is 6.08 Å². The second-order valence-corrected chi connectivity index (χ2v) is 6.73. The van der Waals surface area contributed by atoms with Gasteiger partial charge in [0.1, 0.15) is 17.3 Å². The molecule has 0 aliphatic carbocycles. The zero-order valence-corrected chi connectivity index (χ0v) is 14.6. The summed E-state index contributed by atoms with van der Waals surface area (Å²) in [5.74, 6) is 0.905. The fourth-order valence-electron chi connectivity index (χ4n) is 2.35.